The molecule has 0 aliphatic heterocycles. The highest BCUT2D eigenvalue weighted by molar-refractivity contribution is 5.98. The summed E-state index contributed by atoms with van der Waals surface area (Å²) in [6.45, 7) is 0.531. The summed E-state index contributed by atoms with van der Waals surface area (Å²) in [7, 11) is 0. The molecule has 0 bridgehead atoms. The molecular weight excluding hydrogens is 238 g/mol. The third kappa shape index (κ3) is 3.42. The monoisotopic (exact) mass is 255 g/mol. The van der Waals surface area contributed by atoms with Gasteiger partial charge in [-0.05, 0) is 36.2 Å². The van der Waals surface area contributed by atoms with Crippen molar-refractivity contribution in [1.29, 1.82) is 0 Å². The maximum atomic E-state index is 12.3. The molecule has 2 rings (SSSR count). The van der Waals surface area contributed by atoms with Crippen molar-refractivity contribution in [3.63, 3.8) is 0 Å². The molecule has 0 aromatic heterocycles. The largest absolute Gasteiger partial charge is 0.508 e. The first-order chi connectivity index (χ1) is 9.20. The second kappa shape index (κ2) is 6.16. The fraction of sp³-hybridized carbons (Fsp3) is 0.188. The van der Waals surface area contributed by atoms with E-state index in [0.29, 0.717) is 19.4 Å². The number of carbonyl (C=O) groups is 1. The maximum absolute atomic E-state index is 12.3. The van der Waals surface area contributed by atoms with Crippen LogP contribution in [0.15, 0.2) is 48.5 Å². The predicted octanol–water partition coefficient (Wildman–Crippen LogP) is 2.32. The third-order valence-electron chi connectivity index (χ3n) is 3.03. The lowest BCUT2D eigenvalue weighted by Crippen LogP contribution is -2.10. The molecule has 19 heavy (non-hydrogen) atoms. The quantitative estimate of drug-likeness (QED) is 0.806. The molecule has 0 atom stereocenters. The smallest absolute Gasteiger partial charge is 0.167 e. The Hall–Kier alpha value is -2.13. The average Bonchev–Trinajstić information content (AvgIpc) is 2.42. The Labute approximate surface area is 112 Å². The van der Waals surface area contributed by atoms with Crippen LogP contribution in [0.3, 0.4) is 0 Å². The molecule has 98 valence electrons. The van der Waals surface area contributed by atoms with Crippen molar-refractivity contribution in [3.05, 3.63) is 65.2 Å². The van der Waals surface area contributed by atoms with E-state index in [4.69, 9.17) is 5.73 Å². The molecule has 0 amide bonds. The molecule has 0 aliphatic carbocycles. The number of aromatic hydroxyl groups is 1. The lowest BCUT2D eigenvalue weighted by Gasteiger charge is -2.07. The topological polar surface area (TPSA) is 63.3 Å². The van der Waals surface area contributed by atoms with Gasteiger partial charge in [0.25, 0.3) is 0 Å². The molecule has 3 nitrogen and oxygen atoms in total. The summed E-state index contributed by atoms with van der Waals surface area (Å²) in [6, 6.07) is 14.3. The lowest BCUT2D eigenvalue weighted by molar-refractivity contribution is 0.0992. The normalized spacial score (nSPS) is 10.4. The highest BCUT2D eigenvalue weighted by atomic mass is 16.3. The van der Waals surface area contributed by atoms with E-state index < -0.39 is 0 Å². The fourth-order valence-corrected chi connectivity index (χ4v) is 2.06. The first kappa shape index (κ1) is 13.3. The van der Waals surface area contributed by atoms with Crippen LogP contribution in [0.1, 0.15) is 21.5 Å². The Bertz CT molecular complexity index is 561. The summed E-state index contributed by atoms with van der Waals surface area (Å²) in [5.74, 6) is 0.287. The van der Waals surface area contributed by atoms with Gasteiger partial charge >= 0.3 is 0 Å². The molecule has 0 aliphatic rings. The number of carbonyl (C=O) groups excluding carboxylic acids is 1. The molecule has 0 saturated carbocycles. The van der Waals surface area contributed by atoms with Crippen LogP contribution >= 0.6 is 0 Å². The number of phenolic OH excluding ortho intramolecular Hbond substituents is 1. The Morgan fingerprint density at radius 2 is 1.74 bits per heavy atom. The summed E-state index contributed by atoms with van der Waals surface area (Å²) >= 11 is 0. The van der Waals surface area contributed by atoms with E-state index in [2.05, 4.69) is 0 Å². The van der Waals surface area contributed by atoms with Crippen LogP contribution in [0, 0.1) is 0 Å². The minimum Gasteiger partial charge on any atom is -0.508 e. The predicted molar refractivity (Wildman–Crippen MR) is 75.3 cm³/mol. The molecule has 0 radical (unpaired) electrons. The van der Waals surface area contributed by atoms with E-state index >= 15 is 0 Å². The summed E-state index contributed by atoms with van der Waals surface area (Å²) in [5, 5.41) is 9.22. The summed E-state index contributed by atoms with van der Waals surface area (Å²) in [5.41, 5.74) is 8.18. The molecular formula is C16H17NO2. The van der Waals surface area contributed by atoms with Crippen LogP contribution in [-0.4, -0.2) is 17.4 Å². The van der Waals surface area contributed by atoms with Crippen molar-refractivity contribution in [2.75, 3.05) is 6.54 Å². The van der Waals surface area contributed by atoms with E-state index in [-0.39, 0.29) is 11.5 Å². The van der Waals surface area contributed by atoms with Crippen molar-refractivity contribution in [2.45, 2.75) is 12.8 Å². The molecule has 2 aromatic rings. The van der Waals surface area contributed by atoms with Gasteiger partial charge < -0.3 is 10.8 Å². The van der Waals surface area contributed by atoms with Crippen molar-refractivity contribution < 1.29 is 9.90 Å². The van der Waals surface area contributed by atoms with Crippen molar-refractivity contribution in [1.82, 2.24) is 0 Å². The number of nitrogens with two attached hydrogens (primary N) is 1. The van der Waals surface area contributed by atoms with Crippen molar-refractivity contribution in [2.24, 2.45) is 5.73 Å². The molecule has 0 saturated heterocycles. The fourth-order valence-electron chi connectivity index (χ4n) is 2.06. The summed E-state index contributed by atoms with van der Waals surface area (Å²) in [4.78, 5) is 12.3. The van der Waals surface area contributed by atoms with Crippen LogP contribution in [0.5, 0.6) is 5.75 Å². The van der Waals surface area contributed by atoms with Gasteiger partial charge in [-0.15, -0.1) is 0 Å². The molecule has 0 unspecified atom stereocenters. The van der Waals surface area contributed by atoms with Crippen LogP contribution in [0.25, 0.3) is 0 Å². The highest BCUT2D eigenvalue weighted by Crippen LogP contribution is 2.15. The second-order valence-corrected chi connectivity index (χ2v) is 4.46. The molecule has 0 spiro atoms. The number of hydrogen-bond acceptors (Lipinski definition) is 3. The molecule has 2 aromatic carbocycles. The van der Waals surface area contributed by atoms with Gasteiger partial charge in [0.15, 0.2) is 5.78 Å². The van der Waals surface area contributed by atoms with Gasteiger partial charge in [-0.25, -0.2) is 0 Å². The number of rotatable bonds is 5. The minimum absolute atomic E-state index is 0.0785. The Morgan fingerprint density at radius 3 is 2.42 bits per heavy atom. The van der Waals surface area contributed by atoms with Gasteiger partial charge in [0, 0.05) is 12.0 Å². The van der Waals surface area contributed by atoms with Crippen LogP contribution in [0.4, 0.5) is 0 Å². The van der Waals surface area contributed by atoms with E-state index in [9.17, 15) is 9.90 Å². The zero-order valence-electron chi connectivity index (χ0n) is 10.7. The molecule has 0 fully saturated rings. The standard InChI is InChI=1S/C16H17NO2/c17-10-9-13-3-1-2-4-15(13)16(19)11-12-5-7-14(18)8-6-12/h1-8,18H,9-11,17H2. The maximum Gasteiger partial charge on any atom is 0.167 e. The van der Waals surface area contributed by atoms with E-state index in [1.165, 1.54) is 0 Å². The average molecular weight is 255 g/mol. The number of hydrogen-bond donors (Lipinski definition) is 2. The van der Waals surface area contributed by atoms with Gasteiger partial charge in [0.05, 0.1) is 0 Å². The van der Waals surface area contributed by atoms with Gasteiger partial charge in [0.1, 0.15) is 5.75 Å². The number of benzene rings is 2. The van der Waals surface area contributed by atoms with Crippen LogP contribution in [-0.2, 0) is 12.8 Å². The number of Topliss-reactive ketones (excluding diaryl/α,β-unsaturated/α-hetero) is 1. The number of ketones is 1. The van der Waals surface area contributed by atoms with E-state index in [1.54, 1.807) is 24.3 Å². The SMILES string of the molecule is NCCc1ccccc1C(=O)Cc1ccc(O)cc1. The Morgan fingerprint density at radius 1 is 1.05 bits per heavy atom. The Kier molecular flexibility index (Phi) is 4.31. The van der Waals surface area contributed by atoms with Crippen molar-refractivity contribution >= 4 is 5.78 Å². The van der Waals surface area contributed by atoms with Gasteiger partial charge in [-0.2, -0.15) is 0 Å². The molecule has 0 heterocycles. The van der Waals surface area contributed by atoms with Crippen LogP contribution in [0.2, 0.25) is 0 Å². The molecule has 3 heteroatoms. The first-order valence-corrected chi connectivity index (χ1v) is 6.30. The zero-order valence-corrected chi connectivity index (χ0v) is 10.7. The first-order valence-electron chi connectivity index (χ1n) is 6.30. The minimum atomic E-state index is 0.0785. The lowest BCUT2D eigenvalue weighted by atomic mass is 9.97. The second-order valence-electron chi connectivity index (χ2n) is 4.46. The van der Waals surface area contributed by atoms with Crippen molar-refractivity contribution in [3.8, 4) is 5.75 Å². The Balaban J connectivity index is 2.18. The zero-order chi connectivity index (χ0) is 13.7. The van der Waals surface area contributed by atoms with Crippen LogP contribution < -0.4 is 5.73 Å². The van der Waals surface area contributed by atoms with E-state index in [0.717, 1.165) is 16.7 Å². The van der Waals surface area contributed by atoms with Gasteiger partial charge in [-0.3, -0.25) is 4.79 Å². The third-order valence-corrected chi connectivity index (χ3v) is 3.03. The highest BCUT2D eigenvalue weighted by Gasteiger charge is 2.11. The van der Waals surface area contributed by atoms with Gasteiger partial charge in [-0.1, -0.05) is 36.4 Å². The molecule has 3 N–H and O–H groups in total. The van der Waals surface area contributed by atoms with E-state index in [1.807, 2.05) is 24.3 Å². The summed E-state index contributed by atoms with van der Waals surface area (Å²) in [6.07, 6.45) is 1.04. The number of phenols is 1. The van der Waals surface area contributed by atoms with Gasteiger partial charge in [0.2, 0.25) is 0 Å². The summed E-state index contributed by atoms with van der Waals surface area (Å²) < 4.78 is 0.